The molecule has 2 heterocycles. The van der Waals surface area contributed by atoms with E-state index in [-0.39, 0.29) is 42.3 Å². The Morgan fingerprint density at radius 3 is 2.33 bits per heavy atom. The third-order valence-corrected chi connectivity index (χ3v) is 8.01. The molecular weight excluding hydrogens is 464 g/mol. The van der Waals surface area contributed by atoms with Gasteiger partial charge < -0.3 is 19.0 Å². The molecule has 4 aliphatic rings. The highest BCUT2D eigenvalue weighted by Crippen LogP contribution is 2.62. The van der Waals surface area contributed by atoms with Gasteiger partial charge in [0.25, 0.3) is 0 Å². The van der Waals surface area contributed by atoms with Gasteiger partial charge in [0.15, 0.2) is 11.5 Å². The number of oxime groups is 1. The smallest absolute Gasteiger partial charge is 0.338 e. The Balaban J connectivity index is 1.27. The van der Waals surface area contributed by atoms with Crippen molar-refractivity contribution < 1.29 is 33.4 Å². The van der Waals surface area contributed by atoms with Gasteiger partial charge >= 0.3 is 5.97 Å². The Kier molecular flexibility index (Phi) is 5.24. The van der Waals surface area contributed by atoms with Gasteiger partial charge in [-0.15, -0.1) is 0 Å². The van der Waals surface area contributed by atoms with E-state index in [1.54, 1.807) is 45.4 Å². The molecule has 6 unspecified atom stereocenters. The maximum Gasteiger partial charge on any atom is 0.338 e. The van der Waals surface area contributed by atoms with Gasteiger partial charge in [-0.25, -0.2) is 4.79 Å². The summed E-state index contributed by atoms with van der Waals surface area (Å²) < 4.78 is 15.8. The summed E-state index contributed by atoms with van der Waals surface area (Å²) in [5.74, 6) is -0.665. The van der Waals surface area contributed by atoms with Crippen LogP contribution in [0.5, 0.6) is 11.5 Å². The Bertz CT molecular complexity index is 1290. The third kappa shape index (κ3) is 3.08. The lowest BCUT2D eigenvalue weighted by Crippen LogP contribution is -2.41. The summed E-state index contributed by atoms with van der Waals surface area (Å²) in [6.07, 6.45) is 0.520. The number of amides is 2. The number of hydrogen-bond acceptors (Lipinski definition) is 8. The number of ether oxygens (including phenoxy) is 3. The highest BCUT2D eigenvalue weighted by atomic mass is 16.6. The van der Waals surface area contributed by atoms with Gasteiger partial charge in [-0.05, 0) is 61.7 Å². The fraction of sp³-hybridized carbons (Fsp3) is 0.407. The topological polar surface area (TPSA) is 104 Å². The van der Waals surface area contributed by atoms with E-state index < -0.39 is 17.8 Å². The molecule has 0 aromatic heterocycles. The second-order valence-electron chi connectivity index (χ2n) is 9.54. The number of imide groups is 1. The Labute approximate surface area is 207 Å². The molecule has 2 amide bonds. The number of fused-ring (bicyclic) bond motifs is 8. The molecule has 0 N–H and O–H groups in total. The van der Waals surface area contributed by atoms with Crippen molar-refractivity contribution in [3.63, 3.8) is 0 Å². The fourth-order valence-corrected chi connectivity index (χ4v) is 6.58. The maximum atomic E-state index is 13.6. The normalized spacial score (nSPS) is 29.5. The van der Waals surface area contributed by atoms with Crippen molar-refractivity contribution >= 4 is 29.2 Å². The molecule has 9 heteroatoms. The van der Waals surface area contributed by atoms with Crippen LogP contribution in [0, 0.1) is 29.6 Å². The molecule has 6 rings (SSSR count). The molecule has 186 valence electrons. The second kappa shape index (κ2) is 8.36. The number of benzene rings is 2. The largest absolute Gasteiger partial charge is 0.493 e. The first kappa shape index (κ1) is 22.6. The Morgan fingerprint density at radius 2 is 1.67 bits per heavy atom. The molecular formula is C27H26N2O7. The van der Waals surface area contributed by atoms with Crippen molar-refractivity contribution in [3.05, 3.63) is 53.6 Å². The van der Waals surface area contributed by atoms with Gasteiger partial charge in [-0.1, -0.05) is 5.16 Å². The van der Waals surface area contributed by atoms with E-state index >= 15 is 0 Å². The number of anilines is 1. The molecule has 2 aliphatic heterocycles. The number of methoxy groups -OCH3 is 2. The minimum absolute atomic E-state index is 0.0420. The molecule has 0 radical (unpaired) electrons. The summed E-state index contributed by atoms with van der Waals surface area (Å²) in [6, 6.07) is 12.0. The Morgan fingerprint density at radius 1 is 0.972 bits per heavy atom. The molecule has 6 atom stereocenters. The molecule has 2 aromatic rings. The quantitative estimate of drug-likeness (QED) is 0.453. The zero-order chi connectivity index (χ0) is 25.1. The Hall–Kier alpha value is -3.88. The highest BCUT2D eigenvalue weighted by molar-refractivity contribution is 6.23. The monoisotopic (exact) mass is 490 g/mol. The van der Waals surface area contributed by atoms with Crippen LogP contribution in [0.15, 0.2) is 47.6 Å². The maximum absolute atomic E-state index is 13.6. The minimum Gasteiger partial charge on any atom is -0.493 e. The average molecular weight is 491 g/mol. The van der Waals surface area contributed by atoms with E-state index in [1.807, 2.05) is 18.2 Å². The van der Waals surface area contributed by atoms with Crippen LogP contribution in [-0.4, -0.2) is 50.4 Å². The summed E-state index contributed by atoms with van der Waals surface area (Å²) in [7, 11) is 3.16. The summed E-state index contributed by atoms with van der Waals surface area (Å²) in [6.45, 7) is 2.01. The second-order valence-corrected chi connectivity index (χ2v) is 9.54. The molecule has 3 fully saturated rings. The van der Waals surface area contributed by atoms with Gasteiger partial charge in [0.05, 0.1) is 49.6 Å². The average Bonchev–Trinajstić information content (AvgIpc) is 3.64. The van der Waals surface area contributed by atoms with E-state index in [0.29, 0.717) is 22.7 Å². The van der Waals surface area contributed by atoms with Crippen LogP contribution in [-0.2, 0) is 19.2 Å². The van der Waals surface area contributed by atoms with E-state index in [0.717, 1.165) is 17.7 Å². The van der Waals surface area contributed by atoms with Gasteiger partial charge in [0, 0.05) is 17.4 Å². The molecule has 2 aromatic carbocycles. The predicted molar refractivity (Wildman–Crippen MR) is 128 cm³/mol. The van der Waals surface area contributed by atoms with Gasteiger partial charge in [0.2, 0.25) is 11.8 Å². The number of nitrogens with zero attached hydrogens (tertiary/aromatic N) is 2. The first-order valence-electron chi connectivity index (χ1n) is 12.1. The number of hydrogen-bond donors (Lipinski definition) is 0. The van der Waals surface area contributed by atoms with Crippen LogP contribution in [0.3, 0.4) is 0 Å². The first-order chi connectivity index (χ1) is 17.5. The number of rotatable bonds is 6. The van der Waals surface area contributed by atoms with Crippen LogP contribution < -0.4 is 14.4 Å². The van der Waals surface area contributed by atoms with Crippen molar-refractivity contribution in [1.29, 1.82) is 0 Å². The van der Waals surface area contributed by atoms with Crippen molar-refractivity contribution in [3.8, 4) is 11.5 Å². The lowest BCUT2D eigenvalue weighted by molar-refractivity contribution is -0.125. The van der Waals surface area contributed by atoms with E-state index in [9.17, 15) is 14.4 Å². The fourth-order valence-electron chi connectivity index (χ4n) is 6.58. The van der Waals surface area contributed by atoms with Gasteiger partial charge in [-0.3, -0.25) is 14.5 Å². The van der Waals surface area contributed by atoms with Gasteiger partial charge in [0.1, 0.15) is 6.10 Å². The standard InChI is InChI=1S/C27H26N2O7/c1-4-35-27(32)13-5-8-15(9-6-13)29-25(30)20-16-12-17(21(20)26(29)31)24-22(16)23(28-36-24)14-7-10-18(33-2)19(11-14)34-3/h5-11,16-17,20-22,24H,4,12H2,1-3H3. The first-order valence-corrected chi connectivity index (χ1v) is 12.1. The zero-order valence-electron chi connectivity index (χ0n) is 20.2. The molecule has 2 bridgehead atoms. The van der Waals surface area contributed by atoms with E-state index in [2.05, 4.69) is 5.16 Å². The SMILES string of the molecule is CCOC(=O)c1ccc(N2C(=O)C3C4CC(C5C(c6ccc(OC)c(OC)c6)=NOC45)C3C2=O)cc1. The molecule has 36 heavy (non-hydrogen) atoms. The molecule has 0 spiro atoms. The van der Waals surface area contributed by atoms with Crippen molar-refractivity contribution in [2.45, 2.75) is 19.4 Å². The molecule has 1 saturated heterocycles. The molecule has 2 saturated carbocycles. The van der Waals surface area contributed by atoms with E-state index in [4.69, 9.17) is 19.0 Å². The zero-order valence-corrected chi connectivity index (χ0v) is 20.2. The van der Waals surface area contributed by atoms with Crippen LogP contribution in [0.4, 0.5) is 5.69 Å². The van der Waals surface area contributed by atoms with Gasteiger partial charge in [-0.2, -0.15) is 0 Å². The number of esters is 1. The third-order valence-electron chi connectivity index (χ3n) is 8.01. The summed E-state index contributed by atoms with van der Waals surface area (Å²) >= 11 is 0. The predicted octanol–water partition coefficient (Wildman–Crippen LogP) is 3.06. The lowest BCUT2D eigenvalue weighted by atomic mass is 9.71. The molecule has 9 nitrogen and oxygen atoms in total. The van der Waals surface area contributed by atoms with Crippen molar-refractivity contribution in [2.75, 3.05) is 25.7 Å². The van der Waals surface area contributed by atoms with Crippen LogP contribution in [0.25, 0.3) is 0 Å². The van der Waals surface area contributed by atoms with Crippen LogP contribution >= 0.6 is 0 Å². The number of carbonyl (C=O) groups excluding carboxylic acids is 3. The minimum atomic E-state index is -0.440. The van der Waals surface area contributed by atoms with Crippen molar-refractivity contribution in [1.82, 2.24) is 0 Å². The van der Waals surface area contributed by atoms with E-state index in [1.165, 1.54) is 4.90 Å². The lowest BCUT2D eigenvalue weighted by Gasteiger charge is -2.29. The summed E-state index contributed by atoms with van der Waals surface area (Å²) in [4.78, 5) is 46.3. The van der Waals surface area contributed by atoms with Crippen molar-refractivity contribution in [2.24, 2.45) is 34.7 Å². The summed E-state index contributed by atoms with van der Waals surface area (Å²) in [5.41, 5.74) is 2.47. The summed E-state index contributed by atoms with van der Waals surface area (Å²) in [5, 5.41) is 4.40. The molecule has 2 aliphatic carbocycles. The van der Waals surface area contributed by atoms with Crippen LogP contribution in [0.2, 0.25) is 0 Å². The van der Waals surface area contributed by atoms with Crippen LogP contribution in [0.1, 0.15) is 29.3 Å². The highest BCUT2D eigenvalue weighted by Gasteiger charge is 2.70. The number of carbonyl (C=O) groups is 3.